The summed E-state index contributed by atoms with van der Waals surface area (Å²) in [6, 6.07) is 0. The molecule has 0 unspecified atom stereocenters. The van der Waals surface area contributed by atoms with Gasteiger partial charge in [0.2, 0.25) is 5.78 Å². The molecule has 0 saturated carbocycles. The van der Waals surface area contributed by atoms with Gasteiger partial charge in [-0.2, -0.15) is 0 Å². The highest BCUT2D eigenvalue weighted by Crippen LogP contribution is 2.44. The molecular weight excluding hydrogens is 324 g/mol. The first kappa shape index (κ1) is 17.2. The molecule has 4 atom stereocenters. The van der Waals surface area contributed by atoms with Crippen molar-refractivity contribution in [2.24, 2.45) is 5.92 Å². The Labute approximate surface area is 145 Å². The highest BCUT2D eigenvalue weighted by Gasteiger charge is 2.52. The van der Waals surface area contributed by atoms with Crippen molar-refractivity contribution >= 4 is 17.7 Å². The van der Waals surface area contributed by atoms with Crippen molar-refractivity contribution < 1.29 is 28.6 Å². The lowest BCUT2D eigenvalue weighted by molar-refractivity contribution is -0.153. The normalized spacial score (nSPS) is 34.2. The number of carbonyl (C=O) groups is 3. The summed E-state index contributed by atoms with van der Waals surface area (Å²) in [7, 11) is 0. The second-order valence-corrected chi connectivity index (χ2v) is 6.94. The SMILES string of the molecule is C=C(C)C(=O)O[C@@H]1C[C@@]2(C)OC(=CC2=O)C(=C)C[C@@H]2OC(=O)C(=C)[C@@H]21. The number of fused-ring (bicyclic) bond motifs is 3. The van der Waals surface area contributed by atoms with Crippen LogP contribution in [-0.4, -0.2) is 35.5 Å². The molecule has 25 heavy (non-hydrogen) atoms. The van der Waals surface area contributed by atoms with Gasteiger partial charge >= 0.3 is 11.9 Å². The van der Waals surface area contributed by atoms with Gasteiger partial charge in [-0.15, -0.1) is 0 Å². The van der Waals surface area contributed by atoms with E-state index in [1.807, 2.05) is 0 Å². The summed E-state index contributed by atoms with van der Waals surface area (Å²) in [5, 5.41) is 0. The highest BCUT2D eigenvalue weighted by molar-refractivity contribution is 6.00. The Morgan fingerprint density at radius 2 is 2.04 bits per heavy atom. The van der Waals surface area contributed by atoms with Gasteiger partial charge in [-0.3, -0.25) is 4.79 Å². The van der Waals surface area contributed by atoms with E-state index in [-0.39, 0.29) is 29.8 Å². The Hall–Kier alpha value is -2.63. The molecule has 3 rings (SSSR count). The third kappa shape index (κ3) is 2.81. The minimum atomic E-state index is -1.20. The quantitative estimate of drug-likeness (QED) is 0.564. The molecule has 0 radical (unpaired) electrons. The lowest BCUT2D eigenvalue weighted by Crippen LogP contribution is -2.43. The van der Waals surface area contributed by atoms with E-state index in [9.17, 15) is 14.4 Å². The van der Waals surface area contributed by atoms with Gasteiger partial charge in [-0.25, -0.2) is 9.59 Å². The molecule has 2 bridgehead atoms. The van der Waals surface area contributed by atoms with E-state index in [0.717, 1.165) is 0 Å². The smallest absolute Gasteiger partial charge is 0.334 e. The zero-order valence-corrected chi connectivity index (χ0v) is 14.3. The van der Waals surface area contributed by atoms with Gasteiger partial charge in [0.1, 0.15) is 18.0 Å². The molecule has 0 N–H and O–H groups in total. The van der Waals surface area contributed by atoms with Gasteiger partial charge in [-0.05, 0) is 19.4 Å². The maximum Gasteiger partial charge on any atom is 0.334 e. The number of esters is 2. The minimum Gasteiger partial charge on any atom is -0.479 e. The van der Waals surface area contributed by atoms with Crippen LogP contribution >= 0.6 is 0 Å². The zero-order valence-electron chi connectivity index (χ0n) is 14.3. The van der Waals surface area contributed by atoms with Crippen molar-refractivity contribution in [3.05, 3.63) is 48.3 Å². The van der Waals surface area contributed by atoms with E-state index in [1.165, 1.54) is 13.0 Å². The van der Waals surface area contributed by atoms with E-state index < -0.39 is 35.7 Å². The van der Waals surface area contributed by atoms with Crippen LogP contribution in [0.5, 0.6) is 0 Å². The molecule has 0 aromatic carbocycles. The Kier molecular flexibility index (Phi) is 3.94. The van der Waals surface area contributed by atoms with Crippen LogP contribution in [0.1, 0.15) is 26.7 Å². The predicted octanol–water partition coefficient (Wildman–Crippen LogP) is 2.16. The molecule has 3 aliphatic heterocycles. The number of ketones is 1. The van der Waals surface area contributed by atoms with Gasteiger partial charge < -0.3 is 14.2 Å². The van der Waals surface area contributed by atoms with Gasteiger partial charge in [0, 0.05) is 30.1 Å². The fourth-order valence-corrected chi connectivity index (χ4v) is 3.40. The number of ether oxygens (including phenoxy) is 3. The Morgan fingerprint density at radius 1 is 1.36 bits per heavy atom. The van der Waals surface area contributed by atoms with Crippen molar-refractivity contribution in [3.8, 4) is 0 Å². The number of rotatable bonds is 2. The lowest BCUT2D eigenvalue weighted by Gasteiger charge is -2.31. The van der Waals surface area contributed by atoms with Crippen molar-refractivity contribution in [2.45, 2.75) is 44.5 Å². The molecule has 3 aliphatic rings. The summed E-state index contributed by atoms with van der Waals surface area (Å²) >= 11 is 0. The molecule has 0 spiro atoms. The zero-order chi connectivity index (χ0) is 18.5. The van der Waals surface area contributed by atoms with Crippen LogP contribution in [-0.2, 0) is 28.6 Å². The first-order chi connectivity index (χ1) is 11.6. The monoisotopic (exact) mass is 344 g/mol. The molecule has 0 aromatic heterocycles. The molecule has 0 aromatic rings. The van der Waals surface area contributed by atoms with Crippen molar-refractivity contribution in [3.63, 3.8) is 0 Å². The molecule has 6 nitrogen and oxygen atoms in total. The Morgan fingerprint density at radius 3 is 2.68 bits per heavy atom. The average Bonchev–Trinajstić information content (AvgIpc) is 2.96. The van der Waals surface area contributed by atoms with Crippen molar-refractivity contribution in [1.29, 1.82) is 0 Å². The summed E-state index contributed by atoms with van der Waals surface area (Å²) in [4.78, 5) is 36.5. The third-order valence-corrected chi connectivity index (χ3v) is 4.84. The molecule has 132 valence electrons. The summed E-state index contributed by atoms with van der Waals surface area (Å²) < 4.78 is 16.8. The molecule has 3 heterocycles. The standard InChI is InChI=1S/C19H20O6/c1-9(2)17(21)24-14-8-19(5)15(20)7-12(25-19)10(3)6-13-16(14)11(4)18(22)23-13/h7,13-14,16H,1,3-4,6,8H2,2,5H3/t13-,14+,16-,19+/m0/s1. The molecule has 6 heteroatoms. The molecule has 2 fully saturated rings. The Balaban J connectivity index is 2.03. The predicted molar refractivity (Wildman–Crippen MR) is 88.2 cm³/mol. The molecule has 2 saturated heterocycles. The fourth-order valence-electron chi connectivity index (χ4n) is 3.40. The van der Waals surface area contributed by atoms with Crippen molar-refractivity contribution in [2.75, 3.05) is 0 Å². The fraction of sp³-hybridized carbons (Fsp3) is 0.421. The van der Waals surface area contributed by atoms with Crippen LogP contribution in [0.15, 0.2) is 48.3 Å². The van der Waals surface area contributed by atoms with Crippen LogP contribution in [0, 0.1) is 5.92 Å². The molecule has 0 aliphatic carbocycles. The number of allylic oxidation sites excluding steroid dienone is 1. The number of hydrogen-bond acceptors (Lipinski definition) is 6. The minimum absolute atomic E-state index is 0.0783. The summed E-state index contributed by atoms with van der Waals surface area (Å²) in [6.45, 7) is 14.5. The van der Waals surface area contributed by atoms with Gasteiger partial charge in [-0.1, -0.05) is 19.7 Å². The van der Waals surface area contributed by atoms with E-state index in [1.54, 1.807) is 6.92 Å². The lowest BCUT2D eigenvalue weighted by atomic mass is 9.81. The van der Waals surface area contributed by atoms with E-state index >= 15 is 0 Å². The largest absolute Gasteiger partial charge is 0.479 e. The second kappa shape index (κ2) is 5.72. The van der Waals surface area contributed by atoms with Gasteiger partial charge in [0.05, 0.1) is 5.92 Å². The van der Waals surface area contributed by atoms with Crippen LogP contribution in [0.2, 0.25) is 0 Å². The summed E-state index contributed by atoms with van der Waals surface area (Å²) in [6.07, 6.45) is 0.366. The first-order valence-corrected chi connectivity index (χ1v) is 8.02. The number of hydrogen-bond donors (Lipinski definition) is 0. The van der Waals surface area contributed by atoms with Crippen LogP contribution in [0.4, 0.5) is 0 Å². The maximum atomic E-state index is 12.4. The Bertz CT molecular complexity index is 758. The topological polar surface area (TPSA) is 78.9 Å². The van der Waals surface area contributed by atoms with Gasteiger partial charge in [0.25, 0.3) is 0 Å². The summed E-state index contributed by atoms with van der Waals surface area (Å²) in [5.41, 5.74) is -0.195. The highest BCUT2D eigenvalue weighted by atomic mass is 16.6. The van der Waals surface area contributed by atoms with Crippen LogP contribution < -0.4 is 0 Å². The second-order valence-electron chi connectivity index (χ2n) is 6.94. The van der Waals surface area contributed by atoms with E-state index in [4.69, 9.17) is 14.2 Å². The van der Waals surface area contributed by atoms with Crippen LogP contribution in [0.25, 0.3) is 0 Å². The van der Waals surface area contributed by atoms with Gasteiger partial charge in [0.15, 0.2) is 5.60 Å². The number of carbonyl (C=O) groups excluding carboxylic acids is 3. The van der Waals surface area contributed by atoms with E-state index in [2.05, 4.69) is 19.7 Å². The third-order valence-electron chi connectivity index (χ3n) is 4.84. The van der Waals surface area contributed by atoms with Crippen molar-refractivity contribution in [1.82, 2.24) is 0 Å². The van der Waals surface area contributed by atoms with E-state index in [0.29, 0.717) is 11.3 Å². The average molecular weight is 344 g/mol. The molecular formula is C19H20O6. The first-order valence-electron chi connectivity index (χ1n) is 8.02. The summed E-state index contributed by atoms with van der Waals surface area (Å²) in [5.74, 6) is -1.54. The maximum absolute atomic E-state index is 12.4. The van der Waals surface area contributed by atoms with Crippen LogP contribution in [0.3, 0.4) is 0 Å². The molecule has 0 amide bonds.